The molecule has 0 aromatic heterocycles. The van der Waals surface area contributed by atoms with E-state index in [9.17, 15) is 9.59 Å². The van der Waals surface area contributed by atoms with E-state index in [0.717, 1.165) is 32.5 Å². The maximum Gasteiger partial charge on any atom is 0.317 e. The zero-order chi connectivity index (χ0) is 16.4. The highest BCUT2D eigenvalue weighted by atomic mass is 16.4. The first-order valence-electron chi connectivity index (χ1n) is 7.72. The van der Waals surface area contributed by atoms with Crippen LogP contribution in [-0.4, -0.2) is 107 Å². The second kappa shape index (κ2) is 10.5. The molecule has 1 aliphatic heterocycles. The van der Waals surface area contributed by atoms with E-state index >= 15 is 0 Å². The van der Waals surface area contributed by atoms with E-state index < -0.39 is 11.9 Å². The summed E-state index contributed by atoms with van der Waals surface area (Å²) >= 11 is 0. The van der Waals surface area contributed by atoms with Crippen LogP contribution < -0.4 is 0 Å². The van der Waals surface area contributed by atoms with Crippen molar-refractivity contribution in [2.24, 2.45) is 0 Å². The molecule has 0 atom stereocenters. The molecule has 8 heteroatoms. The predicted molar refractivity (Wildman–Crippen MR) is 80.9 cm³/mol. The third-order valence-corrected chi connectivity index (χ3v) is 3.80. The van der Waals surface area contributed by atoms with Gasteiger partial charge in [-0.3, -0.25) is 19.4 Å². The maximum absolute atomic E-state index is 10.9. The molecule has 0 saturated carbocycles. The fraction of sp³-hybridized carbons (Fsp3) is 0.857. The second-order valence-electron chi connectivity index (χ2n) is 5.61. The van der Waals surface area contributed by atoms with Crippen LogP contribution in [-0.2, 0) is 9.59 Å². The lowest BCUT2D eigenvalue weighted by atomic mass is 10.3. The minimum absolute atomic E-state index is 0.0224. The quantitative estimate of drug-likeness (QED) is 0.482. The van der Waals surface area contributed by atoms with Gasteiger partial charge in [-0.2, -0.15) is 0 Å². The molecule has 1 aliphatic rings. The minimum Gasteiger partial charge on any atom is -0.480 e. The van der Waals surface area contributed by atoms with Crippen LogP contribution in [0.4, 0.5) is 0 Å². The molecule has 1 saturated heterocycles. The van der Waals surface area contributed by atoms with Crippen molar-refractivity contribution in [1.82, 2.24) is 14.7 Å². The number of nitrogens with zero attached hydrogens (tertiary/aromatic N) is 3. The van der Waals surface area contributed by atoms with E-state index in [1.54, 1.807) is 0 Å². The summed E-state index contributed by atoms with van der Waals surface area (Å²) in [7, 11) is 0. The van der Waals surface area contributed by atoms with Gasteiger partial charge < -0.3 is 20.2 Å². The highest BCUT2D eigenvalue weighted by molar-refractivity contribution is 5.69. The average molecular weight is 317 g/mol. The summed E-state index contributed by atoms with van der Waals surface area (Å²) in [5, 5.41) is 26.8. The maximum atomic E-state index is 10.9. The summed E-state index contributed by atoms with van der Waals surface area (Å²) < 4.78 is 0. The van der Waals surface area contributed by atoms with E-state index in [2.05, 4.69) is 4.90 Å². The molecule has 128 valence electrons. The van der Waals surface area contributed by atoms with Gasteiger partial charge in [0.05, 0.1) is 13.1 Å². The highest BCUT2D eigenvalue weighted by Crippen LogP contribution is 2.02. The van der Waals surface area contributed by atoms with Gasteiger partial charge in [-0.1, -0.05) is 0 Å². The van der Waals surface area contributed by atoms with E-state index in [4.69, 9.17) is 15.3 Å². The summed E-state index contributed by atoms with van der Waals surface area (Å²) in [5.41, 5.74) is 0. The lowest BCUT2D eigenvalue weighted by molar-refractivity contribution is -0.140. The molecule has 0 aliphatic carbocycles. The number of carboxylic acid groups (broad SMARTS) is 2. The summed E-state index contributed by atoms with van der Waals surface area (Å²) in [5.74, 6) is -1.73. The van der Waals surface area contributed by atoms with Crippen LogP contribution in [0.3, 0.4) is 0 Å². The van der Waals surface area contributed by atoms with Crippen molar-refractivity contribution in [1.29, 1.82) is 0 Å². The molecule has 1 heterocycles. The van der Waals surface area contributed by atoms with Gasteiger partial charge in [0, 0.05) is 45.9 Å². The van der Waals surface area contributed by atoms with Crippen LogP contribution in [0.25, 0.3) is 0 Å². The zero-order valence-electron chi connectivity index (χ0n) is 13.0. The summed E-state index contributed by atoms with van der Waals surface area (Å²) in [4.78, 5) is 27.7. The normalized spacial score (nSPS) is 19.3. The van der Waals surface area contributed by atoms with Crippen LogP contribution in [0.15, 0.2) is 0 Å². The third kappa shape index (κ3) is 8.28. The number of aliphatic hydroxyl groups excluding tert-OH is 1. The third-order valence-electron chi connectivity index (χ3n) is 3.80. The molecule has 0 aromatic rings. The first-order chi connectivity index (χ1) is 10.5. The molecule has 1 fully saturated rings. The van der Waals surface area contributed by atoms with Crippen molar-refractivity contribution in [2.45, 2.75) is 12.8 Å². The van der Waals surface area contributed by atoms with Gasteiger partial charge in [0.1, 0.15) is 0 Å². The van der Waals surface area contributed by atoms with Crippen LogP contribution in [0.5, 0.6) is 0 Å². The predicted octanol–water partition coefficient (Wildman–Crippen LogP) is -1.15. The van der Waals surface area contributed by atoms with Gasteiger partial charge in [0.25, 0.3) is 0 Å². The Balaban J connectivity index is 2.59. The van der Waals surface area contributed by atoms with E-state index in [-0.39, 0.29) is 19.7 Å². The van der Waals surface area contributed by atoms with Crippen molar-refractivity contribution in [3.63, 3.8) is 0 Å². The van der Waals surface area contributed by atoms with Gasteiger partial charge in [-0.15, -0.1) is 0 Å². The molecule has 8 nitrogen and oxygen atoms in total. The van der Waals surface area contributed by atoms with Crippen LogP contribution in [0.2, 0.25) is 0 Å². The van der Waals surface area contributed by atoms with Gasteiger partial charge >= 0.3 is 11.9 Å². The molecule has 22 heavy (non-hydrogen) atoms. The highest BCUT2D eigenvalue weighted by Gasteiger charge is 2.18. The first kappa shape index (κ1) is 18.8. The Labute approximate surface area is 130 Å². The van der Waals surface area contributed by atoms with Crippen LogP contribution in [0.1, 0.15) is 12.8 Å². The van der Waals surface area contributed by atoms with E-state index in [1.165, 1.54) is 0 Å². The molecule has 0 unspecified atom stereocenters. The van der Waals surface area contributed by atoms with Crippen molar-refractivity contribution >= 4 is 11.9 Å². The monoisotopic (exact) mass is 317 g/mol. The summed E-state index contributed by atoms with van der Waals surface area (Å²) in [6.45, 7) is 4.93. The molecule has 0 spiro atoms. The number of aliphatic carboxylic acids is 2. The second-order valence-corrected chi connectivity index (χ2v) is 5.61. The molecule has 0 aromatic carbocycles. The lowest BCUT2D eigenvalue weighted by Gasteiger charge is -2.24. The molecular weight excluding hydrogens is 290 g/mol. The largest absolute Gasteiger partial charge is 0.480 e. The number of unbranched alkanes of at least 4 members (excludes halogenated alkanes) is 1. The Bertz CT molecular complexity index is 325. The Kier molecular flexibility index (Phi) is 8.98. The van der Waals surface area contributed by atoms with Crippen LogP contribution in [0, 0.1) is 0 Å². The van der Waals surface area contributed by atoms with Gasteiger partial charge in [0.15, 0.2) is 0 Å². The van der Waals surface area contributed by atoms with Crippen molar-refractivity contribution in [3.05, 3.63) is 0 Å². The number of carboxylic acids is 2. The minimum atomic E-state index is -0.865. The molecular formula is C14H27N3O5. The van der Waals surface area contributed by atoms with Gasteiger partial charge in [-0.05, 0) is 19.4 Å². The number of hydrogen-bond acceptors (Lipinski definition) is 6. The molecule has 3 N–H and O–H groups in total. The van der Waals surface area contributed by atoms with E-state index in [1.807, 2.05) is 9.80 Å². The van der Waals surface area contributed by atoms with Crippen molar-refractivity contribution in [2.75, 3.05) is 65.5 Å². The average Bonchev–Trinajstić information content (AvgIpc) is 2.52. The Morgan fingerprint density at radius 1 is 0.727 bits per heavy atom. The zero-order valence-corrected chi connectivity index (χ0v) is 13.0. The standard InChI is InChI=1S/C14H27N3O5/c18-10-2-1-3-15-4-6-16(11-13(19)20)8-9-17(7-5-15)12-14(21)22/h18H,1-12H2,(H,19,20)(H,21,22). The van der Waals surface area contributed by atoms with Crippen molar-refractivity contribution < 1.29 is 24.9 Å². The molecule has 0 amide bonds. The Morgan fingerprint density at radius 3 is 1.50 bits per heavy atom. The summed E-state index contributed by atoms with van der Waals surface area (Å²) in [6.07, 6.45) is 1.63. The van der Waals surface area contributed by atoms with Gasteiger partial charge in [0.2, 0.25) is 0 Å². The SMILES string of the molecule is O=C(O)CN1CCN(CCCCO)CCN(CC(=O)O)CC1. The fourth-order valence-corrected chi connectivity index (χ4v) is 2.55. The molecule has 1 rings (SSSR count). The van der Waals surface area contributed by atoms with Gasteiger partial charge in [-0.25, -0.2) is 0 Å². The molecule has 0 bridgehead atoms. The smallest absolute Gasteiger partial charge is 0.317 e. The lowest BCUT2D eigenvalue weighted by Crippen LogP contribution is -2.40. The van der Waals surface area contributed by atoms with Crippen LogP contribution >= 0.6 is 0 Å². The summed E-state index contributed by atoms with van der Waals surface area (Å²) in [6, 6.07) is 0. The van der Waals surface area contributed by atoms with Crippen molar-refractivity contribution in [3.8, 4) is 0 Å². The van der Waals surface area contributed by atoms with E-state index in [0.29, 0.717) is 26.2 Å². The topological polar surface area (TPSA) is 105 Å². The number of hydrogen-bond donors (Lipinski definition) is 3. The first-order valence-corrected chi connectivity index (χ1v) is 7.72. The Hall–Kier alpha value is -1.22. The molecule has 0 radical (unpaired) electrons. The Morgan fingerprint density at radius 2 is 1.14 bits per heavy atom. The number of rotatable bonds is 8. The number of aliphatic hydroxyl groups is 1. The fourth-order valence-electron chi connectivity index (χ4n) is 2.55. The number of carbonyl (C=O) groups is 2.